The number of rotatable bonds is 7. The number of nitrogens with zero attached hydrogens (tertiary/aromatic N) is 6. The van der Waals surface area contributed by atoms with Gasteiger partial charge in [-0.15, -0.1) is 0 Å². The SMILES string of the molecule is C[C@@H]1Cc2ccccc2CN1C(=O)c1cc2c(cc1-c1cc(C(=O)N(c3ccc(O[Si](C)(C)C(C)(C)C)cc3)c3cnc4c(cnn4C)c3)c3ccccn13)OCO2. The van der Waals surface area contributed by atoms with Crippen LogP contribution in [0, 0.1) is 0 Å². The smallest absolute Gasteiger partial charge is 0.265 e. The van der Waals surface area contributed by atoms with Gasteiger partial charge in [0.2, 0.25) is 15.1 Å². The van der Waals surface area contributed by atoms with E-state index in [0.29, 0.717) is 63.0 Å². The van der Waals surface area contributed by atoms with Gasteiger partial charge in [-0.2, -0.15) is 5.10 Å². The minimum absolute atomic E-state index is 0.0204. The Bertz CT molecular complexity index is 2750. The first-order valence-corrected chi connectivity index (χ1v) is 22.5. The van der Waals surface area contributed by atoms with E-state index in [0.717, 1.165) is 23.1 Å². The van der Waals surface area contributed by atoms with Crippen LogP contribution in [0.25, 0.3) is 27.8 Å². The van der Waals surface area contributed by atoms with Gasteiger partial charge in [-0.25, -0.2) is 4.98 Å². The van der Waals surface area contributed by atoms with Gasteiger partial charge in [0.15, 0.2) is 17.1 Å². The van der Waals surface area contributed by atoms with Crippen molar-refractivity contribution >= 4 is 48.1 Å². The highest BCUT2D eigenvalue weighted by Gasteiger charge is 2.39. The fraction of sp³-hybridized carbons (Fsp3) is 0.261. The molecule has 12 heteroatoms. The van der Waals surface area contributed by atoms with Crippen LogP contribution < -0.4 is 18.8 Å². The molecule has 0 N–H and O–H groups in total. The van der Waals surface area contributed by atoms with E-state index in [2.05, 4.69) is 58.0 Å². The van der Waals surface area contributed by atoms with Crippen LogP contribution in [0.15, 0.2) is 110 Å². The van der Waals surface area contributed by atoms with Crippen molar-refractivity contribution in [3.63, 3.8) is 0 Å². The Balaban J connectivity index is 1.16. The predicted molar refractivity (Wildman–Crippen MR) is 228 cm³/mol. The van der Waals surface area contributed by atoms with E-state index in [-0.39, 0.29) is 29.7 Å². The second kappa shape index (κ2) is 13.9. The average Bonchev–Trinajstić information content (AvgIpc) is 3.93. The lowest BCUT2D eigenvalue weighted by Gasteiger charge is -2.36. The Labute approximate surface area is 338 Å². The van der Waals surface area contributed by atoms with Gasteiger partial charge in [-0.3, -0.25) is 19.2 Å². The summed E-state index contributed by atoms with van der Waals surface area (Å²) in [5.41, 5.74) is 7.22. The summed E-state index contributed by atoms with van der Waals surface area (Å²) in [7, 11) is -0.272. The quantitative estimate of drug-likeness (QED) is 0.148. The van der Waals surface area contributed by atoms with Crippen LogP contribution >= 0.6 is 0 Å². The van der Waals surface area contributed by atoms with E-state index >= 15 is 4.79 Å². The number of amides is 2. The summed E-state index contributed by atoms with van der Waals surface area (Å²) in [6.07, 6.45) is 6.12. The number of pyridine rings is 2. The van der Waals surface area contributed by atoms with Gasteiger partial charge in [-0.1, -0.05) is 51.1 Å². The molecular formula is C46H46N6O5Si. The maximum Gasteiger partial charge on any atom is 0.265 e. The molecule has 7 aromatic rings. The van der Waals surface area contributed by atoms with Gasteiger partial charge >= 0.3 is 0 Å². The van der Waals surface area contributed by atoms with Gasteiger partial charge < -0.3 is 23.2 Å². The van der Waals surface area contributed by atoms with Crippen molar-refractivity contribution < 1.29 is 23.5 Å². The zero-order valence-corrected chi connectivity index (χ0v) is 34.8. The van der Waals surface area contributed by atoms with Gasteiger partial charge in [0.05, 0.1) is 40.4 Å². The van der Waals surface area contributed by atoms with Crippen molar-refractivity contribution in [2.75, 3.05) is 11.7 Å². The second-order valence-corrected chi connectivity index (χ2v) is 21.5. The molecule has 0 aliphatic carbocycles. The third kappa shape index (κ3) is 6.37. The number of hydrogen-bond acceptors (Lipinski definition) is 7. The lowest BCUT2D eigenvalue weighted by Crippen LogP contribution is -2.43. The number of benzene rings is 3. The Hall–Kier alpha value is -6.40. The summed E-state index contributed by atoms with van der Waals surface area (Å²) in [5.74, 6) is 1.42. The van der Waals surface area contributed by atoms with Crippen LogP contribution in [0.1, 0.15) is 59.5 Å². The molecule has 2 aliphatic rings. The molecular weight excluding hydrogens is 745 g/mol. The summed E-state index contributed by atoms with van der Waals surface area (Å²) in [4.78, 5) is 38.4. The first kappa shape index (κ1) is 37.2. The maximum atomic E-state index is 15.3. The molecule has 58 heavy (non-hydrogen) atoms. The third-order valence-electron chi connectivity index (χ3n) is 12.0. The number of hydrogen-bond donors (Lipinski definition) is 0. The molecule has 0 spiro atoms. The van der Waals surface area contributed by atoms with Crippen LogP contribution in [0.4, 0.5) is 11.4 Å². The van der Waals surface area contributed by atoms with Crippen LogP contribution in [0.3, 0.4) is 0 Å². The van der Waals surface area contributed by atoms with Crippen LogP contribution in [-0.4, -0.2) is 57.0 Å². The third-order valence-corrected chi connectivity index (χ3v) is 16.3. The highest BCUT2D eigenvalue weighted by atomic mass is 28.4. The predicted octanol–water partition coefficient (Wildman–Crippen LogP) is 9.57. The van der Waals surface area contributed by atoms with E-state index in [1.165, 1.54) is 5.56 Å². The molecule has 2 amide bonds. The zero-order valence-electron chi connectivity index (χ0n) is 33.8. The first-order chi connectivity index (χ1) is 27.8. The topological polar surface area (TPSA) is 103 Å². The second-order valence-electron chi connectivity index (χ2n) is 16.8. The van der Waals surface area contributed by atoms with Gasteiger partial charge in [0, 0.05) is 42.5 Å². The molecule has 2 aliphatic heterocycles. The Morgan fingerprint density at radius 2 is 1.59 bits per heavy atom. The Kier molecular flexibility index (Phi) is 8.92. The standard InChI is InChI=1S/C46H46N6O5Si/c1-29-20-30-12-8-9-13-31(30)27-51(29)44(53)37-24-42-41(55-28-56-42)23-36(37)40-22-38(39-14-10-11-19-50(39)40)45(54)52(34-21-32-25-48-49(5)43(32)47-26-34)33-15-17-35(18-16-33)57-58(6,7)46(2,3)4/h8-19,21-26,29H,20,27-28H2,1-7H3/t29-/m1/s1. The van der Waals surface area contributed by atoms with Crippen molar-refractivity contribution in [1.82, 2.24) is 24.1 Å². The summed E-state index contributed by atoms with van der Waals surface area (Å²) >= 11 is 0. The monoisotopic (exact) mass is 790 g/mol. The minimum atomic E-state index is -2.11. The number of anilines is 2. The molecule has 1 atom stereocenters. The normalized spacial score (nSPS) is 15.2. The Morgan fingerprint density at radius 1 is 0.862 bits per heavy atom. The average molecular weight is 791 g/mol. The highest BCUT2D eigenvalue weighted by molar-refractivity contribution is 6.74. The molecule has 11 nitrogen and oxygen atoms in total. The first-order valence-electron chi connectivity index (χ1n) is 19.6. The number of aryl methyl sites for hydroxylation is 1. The molecule has 0 bridgehead atoms. The van der Waals surface area contributed by atoms with Gasteiger partial charge in [0.25, 0.3) is 11.8 Å². The molecule has 0 saturated carbocycles. The number of fused-ring (bicyclic) bond motifs is 4. The molecule has 0 fully saturated rings. The van der Waals surface area contributed by atoms with E-state index < -0.39 is 8.32 Å². The van der Waals surface area contributed by atoms with E-state index in [1.807, 2.05) is 95.3 Å². The van der Waals surface area contributed by atoms with Crippen LogP contribution in [0.5, 0.6) is 17.2 Å². The summed E-state index contributed by atoms with van der Waals surface area (Å²) in [6.45, 7) is 13.7. The summed E-state index contributed by atoms with van der Waals surface area (Å²) in [5, 5.41) is 5.22. The van der Waals surface area contributed by atoms with E-state index in [1.54, 1.807) is 28.0 Å². The highest BCUT2D eigenvalue weighted by Crippen LogP contribution is 2.43. The fourth-order valence-electron chi connectivity index (χ4n) is 7.74. The summed E-state index contributed by atoms with van der Waals surface area (Å²) < 4.78 is 22.0. The molecule has 0 saturated heterocycles. The maximum absolute atomic E-state index is 15.3. The molecule has 6 heterocycles. The number of carbonyl (C=O) groups is 2. The molecule has 0 radical (unpaired) electrons. The van der Waals surface area contributed by atoms with Crippen molar-refractivity contribution in [2.24, 2.45) is 7.05 Å². The van der Waals surface area contributed by atoms with Crippen molar-refractivity contribution in [3.8, 4) is 28.5 Å². The number of ether oxygens (including phenoxy) is 2. The van der Waals surface area contributed by atoms with Gasteiger partial charge in [-0.05, 0) is 103 Å². The largest absolute Gasteiger partial charge is 0.544 e. The molecule has 0 unspecified atom stereocenters. The van der Waals surface area contributed by atoms with Gasteiger partial charge in [0.1, 0.15) is 5.75 Å². The Morgan fingerprint density at radius 3 is 2.34 bits per heavy atom. The zero-order chi connectivity index (χ0) is 40.5. The number of carbonyl (C=O) groups excluding carboxylic acids is 2. The van der Waals surface area contributed by atoms with Crippen LogP contribution in [0.2, 0.25) is 18.1 Å². The molecule has 3 aromatic carbocycles. The van der Waals surface area contributed by atoms with E-state index in [4.69, 9.17) is 18.9 Å². The minimum Gasteiger partial charge on any atom is -0.544 e. The number of aromatic nitrogens is 4. The van der Waals surface area contributed by atoms with Crippen LogP contribution in [-0.2, 0) is 20.0 Å². The lowest BCUT2D eigenvalue weighted by atomic mass is 9.93. The molecule has 9 rings (SSSR count). The fourth-order valence-corrected chi connectivity index (χ4v) is 8.77. The van der Waals surface area contributed by atoms with Crippen molar-refractivity contribution in [2.45, 2.75) is 64.8 Å². The molecule has 4 aromatic heterocycles. The summed E-state index contributed by atoms with van der Waals surface area (Å²) in [6, 6.07) is 29.1. The lowest BCUT2D eigenvalue weighted by molar-refractivity contribution is 0.0658. The van der Waals surface area contributed by atoms with Crippen molar-refractivity contribution in [1.29, 1.82) is 0 Å². The van der Waals surface area contributed by atoms with Crippen molar-refractivity contribution in [3.05, 3.63) is 132 Å². The van der Waals surface area contributed by atoms with E-state index in [9.17, 15) is 4.79 Å². The molecule has 294 valence electrons.